The van der Waals surface area contributed by atoms with Gasteiger partial charge in [0.2, 0.25) is 0 Å². The normalized spacial score (nSPS) is 18.4. The van der Waals surface area contributed by atoms with Crippen LogP contribution < -0.4 is 9.47 Å². The Labute approximate surface area is 197 Å². The average molecular weight is 469 g/mol. The van der Waals surface area contributed by atoms with Crippen LogP contribution in [-0.2, 0) is 9.47 Å². The van der Waals surface area contributed by atoms with Gasteiger partial charge >= 0.3 is 12.1 Å². The van der Waals surface area contributed by atoms with E-state index >= 15 is 0 Å². The van der Waals surface area contributed by atoms with E-state index in [9.17, 15) is 14.4 Å². The smallest absolute Gasteiger partial charge is 0.410 e. The maximum absolute atomic E-state index is 12.8. The van der Waals surface area contributed by atoms with Crippen molar-refractivity contribution >= 4 is 18.0 Å². The van der Waals surface area contributed by atoms with E-state index in [1.165, 1.54) is 25.4 Å². The Hall–Kier alpha value is -3.82. The molecule has 4 rings (SSSR count). The summed E-state index contributed by atoms with van der Waals surface area (Å²) in [6, 6.07) is 10.3. The maximum atomic E-state index is 12.8. The second-order valence-electron chi connectivity index (χ2n) is 8.09. The van der Waals surface area contributed by atoms with Gasteiger partial charge in [0.15, 0.2) is 6.10 Å². The molecule has 180 valence electrons. The van der Waals surface area contributed by atoms with E-state index in [2.05, 4.69) is 9.72 Å². The van der Waals surface area contributed by atoms with Crippen LogP contribution in [0.1, 0.15) is 33.7 Å². The Morgan fingerprint density at radius 1 is 1.06 bits per heavy atom. The Bertz CT molecular complexity index is 1020. The summed E-state index contributed by atoms with van der Waals surface area (Å²) in [5, 5.41) is 0. The summed E-state index contributed by atoms with van der Waals surface area (Å²) in [6.07, 6.45) is 1.92. The van der Waals surface area contributed by atoms with Gasteiger partial charge in [-0.15, -0.1) is 0 Å². The molecule has 2 aliphatic heterocycles. The third-order valence-electron chi connectivity index (χ3n) is 5.99. The van der Waals surface area contributed by atoms with Crippen molar-refractivity contribution in [3.05, 3.63) is 53.9 Å². The molecule has 1 atom stereocenters. The lowest BCUT2D eigenvalue weighted by molar-refractivity contribution is 0.0596. The Kier molecular flexibility index (Phi) is 7.15. The summed E-state index contributed by atoms with van der Waals surface area (Å²) in [5.74, 6) is 0.710. The van der Waals surface area contributed by atoms with E-state index in [1.54, 1.807) is 41.2 Å². The molecular weight excluding hydrogens is 442 g/mol. The number of cyclic esters (lactones) is 1. The molecule has 0 N–H and O–H groups in total. The lowest BCUT2D eigenvalue weighted by atomic mass is 10.0. The van der Waals surface area contributed by atoms with Crippen LogP contribution in [0.15, 0.2) is 42.6 Å². The van der Waals surface area contributed by atoms with Crippen molar-refractivity contribution in [1.82, 2.24) is 14.8 Å². The van der Waals surface area contributed by atoms with Crippen LogP contribution in [0.5, 0.6) is 11.5 Å². The molecule has 0 radical (unpaired) electrons. The molecule has 2 aromatic rings. The monoisotopic (exact) mass is 469 g/mol. The fraction of sp³-hybridized carbons (Fsp3) is 0.417. The number of pyridine rings is 1. The number of rotatable bonds is 7. The van der Waals surface area contributed by atoms with Gasteiger partial charge in [-0.05, 0) is 49.2 Å². The number of aromatic nitrogens is 1. The van der Waals surface area contributed by atoms with Crippen molar-refractivity contribution < 1.29 is 33.3 Å². The molecule has 2 fully saturated rings. The minimum atomic E-state index is -0.502. The molecule has 1 aromatic carbocycles. The number of carbonyl (C=O) groups is 3. The molecular formula is C24H27N3O7. The van der Waals surface area contributed by atoms with Crippen LogP contribution in [0.4, 0.5) is 4.79 Å². The zero-order chi connectivity index (χ0) is 24.1. The van der Waals surface area contributed by atoms with E-state index in [4.69, 9.17) is 14.2 Å². The molecule has 2 saturated heterocycles. The first-order chi connectivity index (χ1) is 16.5. The van der Waals surface area contributed by atoms with Crippen LogP contribution in [0.2, 0.25) is 0 Å². The lowest BCUT2D eigenvalue weighted by Crippen LogP contribution is -2.47. The number of hydrogen-bond acceptors (Lipinski definition) is 8. The molecule has 1 aromatic heterocycles. The van der Waals surface area contributed by atoms with Gasteiger partial charge < -0.3 is 28.7 Å². The van der Waals surface area contributed by atoms with Gasteiger partial charge in [0.1, 0.15) is 23.8 Å². The lowest BCUT2D eigenvalue weighted by Gasteiger charge is -2.35. The highest BCUT2D eigenvalue weighted by molar-refractivity contribution is 5.94. The number of likely N-dealkylation sites (tertiary alicyclic amines) is 1. The first-order valence-corrected chi connectivity index (χ1v) is 11.1. The molecule has 1 unspecified atom stereocenters. The molecule has 0 bridgehead atoms. The van der Waals surface area contributed by atoms with Crippen LogP contribution >= 0.6 is 0 Å². The number of esters is 1. The van der Waals surface area contributed by atoms with Crippen molar-refractivity contribution in [2.45, 2.75) is 25.0 Å². The summed E-state index contributed by atoms with van der Waals surface area (Å²) >= 11 is 0. The second-order valence-corrected chi connectivity index (χ2v) is 8.09. The number of piperidine rings is 1. The third kappa shape index (κ3) is 5.22. The Balaban J connectivity index is 1.26. The molecule has 10 heteroatoms. The Morgan fingerprint density at radius 2 is 1.76 bits per heavy atom. The van der Waals surface area contributed by atoms with Gasteiger partial charge in [-0.3, -0.25) is 9.78 Å². The van der Waals surface area contributed by atoms with Crippen LogP contribution in [0.3, 0.4) is 0 Å². The fourth-order valence-corrected chi connectivity index (χ4v) is 4.09. The van der Waals surface area contributed by atoms with Crippen LogP contribution in [0.25, 0.3) is 0 Å². The predicted octanol–water partition coefficient (Wildman–Crippen LogP) is 2.38. The van der Waals surface area contributed by atoms with Crippen molar-refractivity contribution in [3.8, 4) is 11.5 Å². The fourth-order valence-electron chi connectivity index (χ4n) is 4.09. The van der Waals surface area contributed by atoms with Gasteiger partial charge in [0.25, 0.3) is 5.91 Å². The predicted molar refractivity (Wildman–Crippen MR) is 120 cm³/mol. The third-order valence-corrected chi connectivity index (χ3v) is 5.99. The molecule has 10 nitrogen and oxygen atoms in total. The van der Waals surface area contributed by atoms with Crippen molar-refractivity contribution in [2.24, 2.45) is 0 Å². The summed E-state index contributed by atoms with van der Waals surface area (Å²) in [5.41, 5.74) is 0.554. The number of benzene rings is 1. The largest absolute Gasteiger partial charge is 0.497 e. The van der Waals surface area contributed by atoms with Gasteiger partial charge in [0.05, 0.1) is 26.3 Å². The van der Waals surface area contributed by atoms with Crippen molar-refractivity contribution in [2.75, 3.05) is 40.5 Å². The van der Waals surface area contributed by atoms with E-state index in [0.717, 1.165) is 5.75 Å². The molecule has 3 heterocycles. The van der Waals surface area contributed by atoms with Crippen LogP contribution in [0, 0.1) is 0 Å². The van der Waals surface area contributed by atoms with E-state index < -0.39 is 5.97 Å². The highest BCUT2D eigenvalue weighted by atomic mass is 16.6. The number of carbonyl (C=O) groups excluding carboxylic acids is 3. The minimum Gasteiger partial charge on any atom is -0.497 e. The molecule has 2 amide bonds. The van der Waals surface area contributed by atoms with Crippen molar-refractivity contribution in [3.63, 3.8) is 0 Å². The summed E-state index contributed by atoms with van der Waals surface area (Å²) in [7, 11) is 2.89. The zero-order valence-electron chi connectivity index (χ0n) is 19.1. The quantitative estimate of drug-likeness (QED) is 0.569. The molecule has 0 spiro atoms. The van der Waals surface area contributed by atoms with Crippen molar-refractivity contribution in [1.29, 1.82) is 0 Å². The van der Waals surface area contributed by atoms with E-state index in [-0.39, 0.29) is 42.0 Å². The standard InChI is InChI=1S/C24H27N3O7/c1-31-18-4-6-19(7-5-18)33-15-20-14-27(24(30)34-20)17-9-11-26(12-10-17)22(28)21-8-3-16(13-25-21)23(29)32-2/h3-8,13,17,20H,9-12,14-15H2,1-2H3. The van der Waals surface area contributed by atoms with Gasteiger partial charge in [-0.25, -0.2) is 9.59 Å². The number of methoxy groups -OCH3 is 2. The SMILES string of the molecule is COC(=O)c1ccc(C(=O)N2CCC(N3CC(COc4ccc(OC)cc4)OC3=O)CC2)nc1. The number of hydrogen-bond donors (Lipinski definition) is 0. The summed E-state index contributed by atoms with van der Waals surface area (Å²) in [6.45, 7) is 1.71. The molecule has 34 heavy (non-hydrogen) atoms. The Morgan fingerprint density at radius 3 is 2.38 bits per heavy atom. The molecule has 0 saturated carbocycles. The number of nitrogens with zero attached hydrogens (tertiary/aromatic N) is 3. The summed E-state index contributed by atoms with van der Waals surface area (Å²) in [4.78, 5) is 44.3. The number of amides is 2. The van der Waals surface area contributed by atoms with Gasteiger partial charge in [0, 0.05) is 25.3 Å². The topological polar surface area (TPSA) is 108 Å². The highest BCUT2D eigenvalue weighted by Crippen LogP contribution is 2.24. The van der Waals surface area contributed by atoms with Crippen LogP contribution in [-0.4, -0.2) is 85.4 Å². The first-order valence-electron chi connectivity index (χ1n) is 11.1. The first kappa shape index (κ1) is 23.3. The van der Waals surface area contributed by atoms with Gasteiger partial charge in [-0.1, -0.05) is 0 Å². The van der Waals surface area contributed by atoms with Gasteiger partial charge in [-0.2, -0.15) is 0 Å². The minimum absolute atomic E-state index is 0.00260. The second kappa shape index (κ2) is 10.4. The highest BCUT2D eigenvalue weighted by Gasteiger charge is 2.38. The van der Waals surface area contributed by atoms with E-state index in [1.807, 2.05) is 0 Å². The number of ether oxygens (including phenoxy) is 4. The maximum Gasteiger partial charge on any atom is 0.410 e. The summed E-state index contributed by atoms with van der Waals surface area (Å²) < 4.78 is 21.0. The van der Waals surface area contributed by atoms with E-state index in [0.29, 0.717) is 38.2 Å². The molecule has 0 aliphatic carbocycles. The average Bonchev–Trinajstić information content (AvgIpc) is 3.27. The zero-order valence-corrected chi connectivity index (χ0v) is 19.1. The molecule has 2 aliphatic rings.